The lowest BCUT2D eigenvalue weighted by molar-refractivity contribution is -0.119. The number of carbonyl (C=O) groups excluding carboxylic acids is 2. The smallest absolute Gasteiger partial charge is 0.251 e. The van der Waals surface area contributed by atoms with Gasteiger partial charge in [0.1, 0.15) is 0 Å². The molecular formula is C12H15IN2O2. The average Bonchev–Trinajstić information content (AvgIpc) is 2.15. The highest BCUT2D eigenvalue weighted by Gasteiger charge is 2.23. The normalized spacial score (nSPS) is 11.0. The minimum Gasteiger partial charge on any atom is -0.370 e. The average molecular weight is 346 g/mol. The van der Waals surface area contributed by atoms with Crippen molar-refractivity contribution in [3.05, 3.63) is 33.4 Å². The number of primary amides is 1. The Morgan fingerprint density at radius 3 is 2.29 bits per heavy atom. The molecule has 2 amide bonds. The molecule has 0 aliphatic rings. The summed E-state index contributed by atoms with van der Waals surface area (Å²) in [5, 5.41) is 2.78. The van der Waals surface area contributed by atoms with Gasteiger partial charge in [-0.2, -0.15) is 0 Å². The molecule has 0 aliphatic carbocycles. The minimum atomic E-state index is -0.633. The van der Waals surface area contributed by atoms with Crippen molar-refractivity contribution >= 4 is 34.4 Å². The maximum absolute atomic E-state index is 11.9. The highest BCUT2D eigenvalue weighted by Crippen LogP contribution is 2.11. The second-order valence-corrected chi connectivity index (χ2v) is 5.73. The molecule has 0 fully saturated rings. The number of halogens is 1. The topological polar surface area (TPSA) is 72.2 Å². The Labute approximate surface area is 114 Å². The number of rotatable bonds is 4. The first-order chi connectivity index (χ1) is 7.80. The SMILES string of the molecule is CC(C)(CC(N)=O)NC(=O)c1ccc(I)cc1. The summed E-state index contributed by atoms with van der Waals surface area (Å²) in [6.45, 7) is 3.53. The van der Waals surface area contributed by atoms with Gasteiger partial charge in [-0.05, 0) is 60.7 Å². The minimum absolute atomic E-state index is 0.114. The van der Waals surface area contributed by atoms with Crippen LogP contribution in [0.15, 0.2) is 24.3 Å². The Morgan fingerprint density at radius 2 is 1.82 bits per heavy atom. The van der Waals surface area contributed by atoms with Crippen LogP contribution in [-0.4, -0.2) is 17.4 Å². The van der Waals surface area contributed by atoms with Gasteiger partial charge >= 0.3 is 0 Å². The van der Waals surface area contributed by atoms with Gasteiger partial charge in [-0.3, -0.25) is 9.59 Å². The fraction of sp³-hybridized carbons (Fsp3) is 0.333. The van der Waals surface area contributed by atoms with Crippen LogP contribution < -0.4 is 11.1 Å². The van der Waals surface area contributed by atoms with E-state index in [1.165, 1.54) is 0 Å². The van der Waals surface area contributed by atoms with E-state index in [0.717, 1.165) is 3.57 Å². The fourth-order valence-electron chi connectivity index (χ4n) is 1.46. The molecule has 0 aromatic heterocycles. The van der Waals surface area contributed by atoms with Gasteiger partial charge < -0.3 is 11.1 Å². The largest absolute Gasteiger partial charge is 0.370 e. The molecule has 0 radical (unpaired) electrons. The van der Waals surface area contributed by atoms with Crippen molar-refractivity contribution in [1.82, 2.24) is 5.32 Å². The molecule has 4 nitrogen and oxygen atoms in total. The lowest BCUT2D eigenvalue weighted by Crippen LogP contribution is -2.46. The maximum Gasteiger partial charge on any atom is 0.251 e. The van der Waals surface area contributed by atoms with Crippen molar-refractivity contribution in [2.24, 2.45) is 5.73 Å². The second-order valence-electron chi connectivity index (χ2n) is 4.49. The van der Waals surface area contributed by atoms with Crippen molar-refractivity contribution in [2.75, 3.05) is 0 Å². The van der Waals surface area contributed by atoms with Crippen LogP contribution in [0.1, 0.15) is 30.6 Å². The van der Waals surface area contributed by atoms with E-state index in [2.05, 4.69) is 27.9 Å². The summed E-state index contributed by atoms with van der Waals surface area (Å²) in [7, 11) is 0. The van der Waals surface area contributed by atoms with Crippen LogP contribution >= 0.6 is 22.6 Å². The van der Waals surface area contributed by atoms with Crippen molar-refractivity contribution < 1.29 is 9.59 Å². The third kappa shape index (κ3) is 4.72. The number of hydrogen-bond acceptors (Lipinski definition) is 2. The zero-order valence-electron chi connectivity index (χ0n) is 9.79. The third-order valence-electron chi connectivity index (χ3n) is 2.17. The summed E-state index contributed by atoms with van der Waals surface area (Å²) >= 11 is 2.17. The van der Waals surface area contributed by atoms with Gasteiger partial charge in [-0.1, -0.05) is 0 Å². The van der Waals surface area contributed by atoms with E-state index < -0.39 is 11.4 Å². The van der Waals surface area contributed by atoms with Crippen LogP contribution in [0.2, 0.25) is 0 Å². The van der Waals surface area contributed by atoms with Crippen molar-refractivity contribution in [3.8, 4) is 0 Å². The molecule has 0 spiro atoms. The van der Waals surface area contributed by atoms with E-state index in [9.17, 15) is 9.59 Å². The summed E-state index contributed by atoms with van der Waals surface area (Å²) < 4.78 is 1.07. The summed E-state index contributed by atoms with van der Waals surface area (Å²) in [6.07, 6.45) is 0.114. The van der Waals surface area contributed by atoms with Crippen LogP contribution in [0.25, 0.3) is 0 Å². The second kappa shape index (κ2) is 5.48. The molecule has 1 aromatic rings. The van der Waals surface area contributed by atoms with Gasteiger partial charge in [0.2, 0.25) is 5.91 Å². The Hall–Kier alpha value is -1.11. The lowest BCUT2D eigenvalue weighted by atomic mass is 9.99. The van der Waals surface area contributed by atoms with Crippen LogP contribution in [0.5, 0.6) is 0 Å². The van der Waals surface area contributed by atoms with E-state index in [0.29, 0.717) is 5.56 Å². The van der Waals surface area contributed by atoms with Crippen LogP contribution in [0, 0.1) is 3.57 Å². The highest BCUT2D eigenvalue weighted by molar-refractivity contribution is 14.1. The monoisotopic (exact) mass is 346 g/mol. The first-order valence-corrected chi connectivity index (χ1v) is 6.24. The van der Waals surface area contributed by atoms with Gasteiger partial charge in [-0.25, -0.2) is 0 Å². The zero-order valence-corrected chi connectivity index (χ0v) is 11.9. The van der Waals surface area contributed by atoms with Crippen LogP contribution in [-0.2, 0) is 4.79 Å². The summed E-state index contributed by atoms with van der Waals surface area (Å²) in [4.78, 5) is 22.7. The van der Waals surface area contributed by atoms with E-state index in [1.807, 2.05) is 12.1 Å². The van der Waals surface area contributed by atoms with E-state index in [1.54, 1.807) is 26.0 Å². The number of nitrogens with one attached hydrogen (secondary N) is 1. The van der Waals surface area contributed by atoms with Gasteiger partial charge in [0, 0.05) is 21.1 Å². The molecule has 0 bridgehead atoms. The van der Waals surface area contributed by atoms with Gasteiger partial charge in [0.25, 0.3) is 5.91 Å². The van der Waals surface area contributed by atoms with Crippen LogP contribution in [0.4, 0.5) is 0 Å². The maximum atomic E-state index is 11.9. The quantitative estimate of drug-likeness (QED) is 0.815. The van der Waals surface area contributed by atoms with E-state index in [-0.39, 0.29) is 12.3 Å². The molecule has 0 unspecified atom stereocenters. The number of nitrogens with two attached hydrogens (primary N) is 1. The predicted octanol–water partition coefficient (Wildman–Crippen LogP) is 1.68. The van der Waals surface area contributed by atoms with Crippen LogP contribution in [0.3, 0.4) is 0 Å². The van der Waals surface area contributed by atoms with Crippen molar-refractivity contribution in [1.29, 1.82) is 0 Å². The molecule has 0 atom stereocenters. The lowest BCUT2D eigenvalue weighted by Gasteiger charge is -2.24. The predicted molar refractivity (Wildman–Crippen MR) is 74.5 cm³/mol. The molecule has 0 saturated heterocycles. The first-order valence-electron chi connectivity index (χ1n) is 5.16. The highest BCUT2D eigenvalue weighted by atomic mass is 127. The molecule has 0 aliphatic heterocycles. The molecule has 1 aromatic carbocycles. The number of hydrogen-bond donors (Lipinski definition) is 2. The van der Waals surface area contributed by atoms with Gasteiger partial charge in [0.15, 0.2) is 0 Å². The Morgan fingerprint density at radius 1 is 1.29 bits per heavy atom. The molecule has 0 saturated carbocycles. The van der Waals surface area contributed by atoms with Gasteiger partial charge in [-0.15, -0.1) is 0 Å². The molecule has 3 N–H and O–H groups in total. The standard InChI is InChI=1S/C12H15IN2O2/c1-12(2,7-10(14)16)15-11(17)8-3-5-9(13)6-4-8/h3-6H,7H2,1-2H3,(H2,14,16)(H,15,17). The molecule has 5 heteroatoms. The fourth-order valence-corrected chi connectivity index (χ4v) is 1.82. The molecular weight excluding hydrogens is 331 g/mol. The number of benzene rings is 1. The zero-order chi connectivity index (χ0) is 13.1. The molecule has 0 heterocycles. The summed E-state index contributed by atoms with van der Waals surface area (Å²) in [5.74, 6) is -0.634. The first kappa shape index (κ1) is 14.0. The van der Waals surface area contributed by atoms with E-state index in [4.69, 9.17) is 5.73 Å². The molecule has 1 rings (SSSR count). The van der Waals surface area contributed by atoms with Crippen molar-refractivity contribution in [2.45, 2.75) is 25.8 Å². The summed E-state index contributed by atoms with van der Waals surface area (Å²) in [6, 6.07) is 7.21. The Bertz CT molecular complexity index is 427. The third-order valence-corrected chi connectivity index (χ3v) is 2.89. The van der Waals surface area contributed by atoms with E-state index >= 15 is 0 Å². The van der Waals surface area contributed by atoms with Gasteiger partial charge in [0.05, 0.1) is 0 Å². The Balaban J connectivity index is 2.72. The molecule has 17 heavy (non-hydrogen) atoms. The summed E-state index contributed by atoms with van der Waals surface area (Å²) in [5.41, 5.74) is 5.06. The molecule has 92 valence electrons. The van der Waals surface area contributed by atoms with Crippen molar-refractivity contribution in [3.63, 3.8) is 0 Å². The Kier molecular flexibility index (Phi) is 4.50. The number of amides is 2. The number of carbonyl (C=O) groups is 2.